The fourth-order valence-electron chi connectivity index (χ4n) is 2.74. The van der Waals surface area contributed by atoms with Crippen LogP contribution >= 0.6 is 0 Å². The second-order valence-electron chi connectivity index (χ2n) is 6.11. The summed E-state index contributed by atoms with van der Waals surface area (Å²) in [5.74, 6) is -2.08. The molecule has 136 valence electrons. The maximum Gasteiger partial charge on any atom is 0.259 e. The Morgan fingerprint density at radius 1 is 1.12 bits per heavy atom. The zero-order chi connectivity index (χ0) is 18.5. The predicted molar refractivity (Wildman–Crippen MR) is 97.4 cm³/mol. The van der Waals surface area contributed by atoms with E-state index in [1.165, 1.54) is 6.07 Å². The van der Waals surface area contributed by atoms with E-state index >= 15 is 0 Å². The van der Waals surface area contributed by atoms with Crippen molar-refractivity contribution >= 4 is 10.9 Å². The number of rotatable bonds is 7. The lowest BCUT2D eigenvalue weighted by Gasteiger charge is -2.10. The van der Waals surface area contributed by atoms with Crippen molar-refractivity contribution in [3.8, 4) is 17.1 Å². The van der Waals surface area contributed by atoms with Gasteiger partial charge in [-0.3, -0.25) is 4.79 Å². The molecule has 4 nitrogen and oxygen atoms in total. The summed E-state index contributed by atoms with van der Waals surface area (Å²) in [6.45, 7) is 2.40. The maximum absolute atomic E-state index is 14.0. The van der Waals surface area contributed by atoms with Crippen LogP contribution in [0.3, 0.4) is 0 Å². The average molecular weight is 358 g/mol. The molecule has 26 heavy (non-hydrogen) atoms. The first-order valence-corrected chi connectivity index (χ1v) is 8.71. The summed E-state index contributed by atoms with van der Waals surface area (Å²) in [6.07, 6.45) is 3.89. The van der Waals surface area contributed by atoms with Crippen molar-refractivity contribution < 1.29 is 13.5 Å². The van der Waals surface area contributed by atoms with Crippen LogP contribution in [-0.4, -0.2) is 16.6 Å². The van der Waals surface area contributed by atoms with Gasteiger partial charge in [0.05, 0.1) is 17.5 Å². The van der Waals surface area contributed by atoms with Crippen LogP contribution in [-0.2, 0) is 0 Å². The molecule has 6 heteroatoms. The van der Waals surface area contributed by atoms with Crippen molar-refractivity contribution in [2.45, 2.75) is 32.6 Å². The van der Waals surface area contributed by atoms with Gasteiger partial charge in [-0.2, -0.15) is 4.39 Å². The Hall–Kier alpha value is -2.76. The van der Waals surface area contributed by atoms with Crippen molar-refractivity contribution in [3.63, 3.8) is 0 Å². The highest BCUT2D eigenvalue weighted by molar-refractivity contribution is 5.79. The Labute approximate surface area is 149 Å². The number of ether oxygens (including phenoxy) is 1. The van der Waals surface area contributed by atoms with Gasteiger partial charge >= 0.3 is 0 Å². The standard InChI is InChI=1S/C20H20F2N2O2/c1-2-3-4-7-10-26-17-12-13(11-15(21)18(17)22)19-23-16-9-6-5-8-14(16)20(25)24-19/h5-6,8-9,11-12H,2-4,7,10H2,1H3,(H,23,24,25). The Morgan fingerprint density at radius 2 is 1.92 bits per heavy atom. The number of halogens is 2. The summed E-state index contributed by atoms with van der Waals surface area (Å²) in [5, 5.41) is 0.436. The molecule has 0 radical (unpaired) electrons. The molecule has 1 N–H and O–H groups in total. The van der Waals surface area contributed by atoms with Gasteiger partial charge in [0.25, 0.3) is 5.56 Å². The molecule has 0 aliphatic carbocycles. The molecule has 3 rings (SSSR count). The van der Waals surface area contributed by atoms with E-state index in [2.05, 4.69) is 16.9 Å². The number of nitrogens with zero attached hydrogens (tertiary/aromatic N) is 1. The van der Waals surface area contributed by atoms with Gasteiger partial charge in [0.1, 0.15) is 5.82 Å². The third-order valence-corrected chi connectivity index (χ3v) is 4.14. The first-order valence-electron chi connectivity index (χ1n) is 8.71. The molecule has 0 fully saturated rings. The molecular weight excluding hydrogens is 338 g/mol. The molecule has 0 unspecified atom stereocenters. The molecule has 1 heterocycles. The number of para-hydroxylation sites is 1. The van der Waals surface area contributed by atoms with Gasteiger partial charge in [-0.05, 0) is 30.7 Å². The highest BCUT2D eigenvalue weighted by Crippen LogP contribution is 2.27. The Morgan fingerprint density at radius 3 is 2.73 bits per heavy atom. The lowest BCUT2D eigenvalue weighted by molar-refractivity contribution is 0.285. The van der Waals surface area contributed by atoms with E-state index in [1.54, 1.807) is 24.3 Å². The van der Waals surface area contributed by atoms with Gasteiger partial charge in [0.15, 0.2) is 11.6 Å². The normalized spacial score (nSPS) is 11.0. The highest BCUT2D eigenvalue weighted by atomic mass is 19.2. The van der Waals surface area contributed by atoms with Crippen LogP contribution in [0.4, 0.5) is 8.78 Å². The number of fused-ring (bicyclic) bond motifs is 1. The van der Waals surface area contributed by atoms with Crippen LogP contribution in [0.2, 0.25) is 0 Å². The molecular formula is C20H20F2N2O2. The van der Waals surface area contributed by atoms with Gasteiger partial charge in [0, 0.05) is 5.56 Å². The lowest BCUT2D eigenvalue weighted by Crippen LogP contribution is -2.10. The quantitative estimate of drug-likeness (QED) is 0.616. The maximum atomic E-state index is 14.0. The zero-order valence-electron chi connectivity index (χ0n) is 14.5. The van der Waals surface area contributed by atoms with Crippen molar-refractivity contribution in [2.24, 2.45) is 0 Å². The number of nitrogens with one attached hydrogen (secondary N) is 1. The molecule has 1 aromatic heterocycles. The van der Waals surface area contributed by atoms with Gasteiger partial charge in [0.2, 0.25) is 5.82 Å². The number of aromatic nitrogens is 2. The monoisotopic (exact) mass is 358 g/mol. The van der Waals surface area contributed by atoms with Crippen LogP contribution < -0.4 is 10.3 Å². The third kappa shape index (κ3) is 3.90. The summed E-state index contributed by atoms with van der Waals surface area (Å²) in [5.41, 5.74) is 0.408. The minimum atomic E-state index is -1.04. The Balaban J connectivity index is 1.92. The topological polar surface area (TPSA) is 55.0 Å². The van der Waals surface area contributed by atoms with Crippen LogP contribution in [0.5, 0.6) is 5.75 Å². The smallest absolute Gasteiger partial charge is 0.259 e. The molecule has 0 aliphatic rings. The van der Waals surface area contributed by atoms with Gasteiger partial charge in [-0.1, -0.05) is 38.3 Å². The molecule has 0 atom stereocenters. The van der Waals surface area contributed by atoms with E-state index in [0.717, 1.165) is 31.7 Å². The van der Waals surface area contributed by atoms with Crippen LogP contribution in [0.25, 0.3) is 22.3 Å². The van der Waals surface area contributed by atoms with Crippen molar-refractivity contribution in [1.29, 1.82) is 0 Å². The van der Waals surface area contributed by atoms with Crippen molar-refractivity contribution in [1.82, 2.24) is 9.97 Å². The summed E-state index contributed by atoms with van der Waals surface area (Å²) in [6, 6.07) is 9.22. The molecule has 0 amide bonds. The molecule has 3 aromatic rings. The Kier molecular flexibility index (Phi) is 5.61. The SMILES string of the molecule is CCCCCCOc1cc(-c2nc3ccccc3c(=O)[nH]2)cc(F)c1F. The Bertz CT molecular complexity index is 970. The zero-order valence-corrected chi connectivity index (χ0v) is 14.5. The van der Waals surface area contributed by atoms with Gasteiger partial charge in [-0.15, -0.1) is 0 Å². The van der Waals surface area contributed by atoms with Crippen molar-refractivity contribution in [2.75, 3.05) is 6.61 Å². The lowest BCUT2D eigenvalue weighted by atomic mass is 10.1. The first-order chi connectivity index (χ1) is 12.6. The van der Waals surface area contributed by atoms with E-state index < -0.39 is 11.6 Å². The number of unbranched alkanes of at least 4 members (excludes halogenated alkanes) is 3. The summed E-state index contributed by atoms with van der Waals surface area (Å²) >= 11 is 0. The van der Waals surface area contributed by atoms with Crippen LogP contribution in [0.1, 0.15) is 32.6 Å². The number of aromatic amines is 1. The van der Waals surface area contributed by atoms with E-state index in [4.69, 9.17) is 4.74 Å². The summed E-state index contributed by atoms with van der Waals surface area (Å²) < 4.78 is 33.4. The number of hydrogen-bond acceptors (Lipinski definition) is 3. The van der Waals surface area contributed by atoms with E-state index in [9.17, 15) is 13.6 Å². The number of benzene rings is 2. The molecule has 0 saturated heterocycles. The van der Waals surface area contributed by atoms with E-state index in [-0.39, 0.29) is 22.7 Å². The number of hydrogen-bond donors (Lipinski definition) is 1. The summed E-state index contributed by atoms with van der Waals surface area (Å²) in [4.78, 5) is 19.1. The summed E-state index contributed by atoms with van der Waals surface area (Å²) in [7, 11) is 0. The minimum absolute atomic E-state index is 0.170. The molecule has 0 aliphatic heterocycles. The van der Waals surface area contributed by atoms with Gasteiger partial charge < -0.3 is 9.72 Å². The van der Waals surface area contributed by atoms with Gasteiger partial charge in [-0.25, -0.2) is 9.37 Å². The molecule has 2 aromatic carbocycles. The van der Waals surface area contributed by atoms with Crippen molar-refractivity contribution in [3.05, 3.63) is 58.4 Å². The second kappa shape index (κ2) is 8.08. The fourth-order valence-corrected chi connectivity index (χ4v) is 2.74. The minimum Gasteiger partial charge on any atom is -0.490 e. The first kappa shape index (κ1) is 18.0. The van der Waals surface area contributed by atoms with Crippen LogP contribution in [0.15, 0.2) is 41.2 Å². The second-order valence-corrected chi connectivity index (χ2v) is 6.11. The van der Waals surface area contributed by atoms with E-state index in [0.29, 0.717) is 17.5 Å². The third-order valence-electron chi connectivity index (χ3n) is 4.14. The largest absolute Gasteiger partial charge is 0.490 e. The molecule has 0 spiro atoms. The number of H-pyrrole nitrogens is 1. The predicted octanol–water partition coefficient (Wildman–Crippen LogP) is 4.83. The molecule has 0 bridgehead atoms. The van der Waals surface area contributed by atoms with Crippen LogP contribution in [0, 0.1) is 11.6 Å². The highest BCUT2D eigenvalue weighted by Gasteiger charge is 2.15. The average Bonchev–Trinajstić information content (AvgIpc) is 2.64. The molecule has 0 saturated carbocycles. The fraction of sp³-hybridized carbons (Fsp3) is 0.300. The van der Waals surface area contributed by atoms with E-state index in [1.807, 2.05) is 0 Å².